The van der Waals surface area contributed by atoms with Crippen LogP contribution < -0.4 is 10.1 Å². The summed E-state index contributed by atoms with van der Waals surface area (Å²) in [6.45, 7) is 0.801. The highest BCUT2D eigenvalue weighted by atomic mass is 79.9. The molecule has 0 aliphatic rings. The van der Waals surface area contributed by atoms with Gasteiger partial charge in [-0.1, -0.05) is 33.6 Å². The van der Waals surface area contributed by atoms with Gasteiger partial charge in [0.25, 0.3) is 0 Å². The number of methoxy groups -OCH3 is 1. The van der Waals surface area contributed by atoms with Crippen LogP contribution in [0.5, 0.6) is 5.75 Å². The highest BCUT2D eigenvalue weighted by Crippen LogP contribution is 2.24. The maximum Gasteiger partial charge on any atom is 0.137 e. The third-order valence-corrected chi connectivity index (χ3v) is 2.33. The lowest BCUT2D eigenvalue weighted by atomic mass is 10.2. The number of halogens is 2. The van der Waals surface area contributed by atoms with Gasteiger partial charge in [-0.25, -0.2) is 0 Å². The van der Waals surface area contributed by atoms with Crippen LogP contribution in [-0.4, -0.2) is 12.6 Å². The molecule has 0 heterocycles. The predicted octanol–water partition coefficient (Wildman–Crippen LogP) is 2.79. The van der Waals surface area contributed by atoms with Crippen molar-refractivity contribution >= 4 is 27.5 Å². The fraction of sp³-hybridized carbons (Fsp3) is 0.333. The average molecular weight is 265 g/mol. The molecule has 2 nitrogen and oxygen atoms in total. The van der Waals surface area contributed by atoms with Crippen LogP contribution >= 0.6 is 27.5 Å². The zero-order valence-corrected chi connectivity index (χ0v) is 9.65. The van der Waals surface area contributed by atoms with Crippen LogP contribution in [0, 0.1) is 0 Å². The molecule has 0 fully saturated rings. The Balaban J connectivity index is 2.71. The van der Waals surface area contributed by atoms with E-state index in [2.05, 4.69) is 21.2 Å². The summed E-state index contributed by atoms with van der Waals surface area (Å²) < 4.78 is 5.04. The lowest BCUT2D eigenvalue weighted by molar-refractivity contribution is 0.415. The molecule has 0 aliphatic heterocycles. The zero-order chi connectivity index (χ0) is 9.68. The lowest BCUT2D eigenvalue weighted by Gasteiger charge is -2.05. The smallest absolute Gasteiger partial charge is 0.137 e. The minimum absolute atomic E-state index is 0.649. The maximum absolute atomic E-state index is 5.94. The Bertz CT molecular complexity index is 280. The number of ether oxygens (including phenoxy) is 1. The summed E-state index contributed by atoms with van der Waals surface area (Å²) in [5.41, 5.74) is 1.92. The molecule has 4 heteroatoms. The van der Waals surface area contributed by atoms with E-state index in [-0.39, 0.29) is 0 Å². The molecule has 0 spiro atoms. The molecule has 0 aromatic heterocycles. The summed E-state index contributed by atoms with van der Waals surface area (Å²) in [6, 6.07) is 5.75. The van der Waals surface area contributed by atoms with Gasteiger partial charge in [-0.2, -0.15) is 0 Å². The molecule has 0 atom stereocenters. The Morgan fingerprint density at radius 1 is 1.54 bits per heavy atom. The first-order valence-electron chi connectivity index (χ1n) is 3.87. The molecule has 0 aliphatic carbocycles. The van der Waals surface area contributed by atoms with Crippen LogP contribution in [0.4, 0.5) is 0 Å². The van der Waals surface area contributed by atoms with E-state index in [1.54, 1.807) is 7.11 Å². The molecule has 0 amide bonds. The predicted molar refractivity (Wildman–Crippen MR) is 58.6 cm³/mol. The Labute approximate surface area is 91.4 Å². The second-order valence-corrected chi connectivity index (χ2v) is 3.50. The average Bonchev–Trinajstić information content (AvgIpc) is 2.15. The SMILES string of the molecule is COc1ccc(CNCBr)cc1Cl. The topological polar surface area (TPSA) is 21.3 Å². The molecule has 1 aromatic rings. The second-order valence-electron chi connectivity index (χ2n) is 2.53. The van der Waals surface area contributed by atoms with Crippen molar-refractivity contribution in [3.05, 3.63) is 28.8 Å². The van der Waals surface area contributed by atoms with Crippen molar-refractivity contribution in [1.82, 2.24) is 5.32 Å². The fourth-order valence-corrected chi connectivity index (χ4v) is 1.49. The van der Waals surface area contributed by atoms with Gasteiger partial charge in [0.15, 0.2) is 0 Å². The third kappa shape index (κ3) is 3.18. The molecule has 1 aromatic carbocycles. The molecule has 0 saturated carbocycles. The number of benzene rings is 1. The molecule has 0 bridgehead atoms. The number of rotatable bonds is 4. The van der Waals surface area contributed by atoms with E-state index in [0.717, 1.165) is 17.6 Å². The van der Waals surface area contributed by atoms with Crippen LogP contribution in [0.2, 0.25) is 5.02 Å². The van der Waals surface area contributed by atoms with Crippen molar-refractivity contribution in [3.63, 3.8) is 0 Å². The van der Waals surface area contributed by atoms with E-state index in [9.17, 15) is 0 Å². The molecule has 1 rings (SSSR count). The minimum Gasteiger partial charge on any atom is -0.495 e. The minimum atomic E-state index is 0.649. The summed E-state index contributed by atoms with van der Waals surface area (Å²) >= 11 is 9.23. The van der Waals surface area contributed by atoms with Gasteiger partial charge in [0, 0.05) is 6.54 Å². The molecule has 0 unspecified atom stereocenters. The summed E-state index contributed by atoms with van der Waals surface area (Å²) in [5, 5.41) is 3.80. The van der Waals surface area contributed by atoms with Gasteiger partial charge in [-0.05, 0) is 17.7 Å². The summed E-state index contributed by atoms with van der Waals surface area (Å²) in [5.74, 6) is 0.712. The van der Waals surface area contributed by atoms with E-state index in [4.69, 9.17) is 16.3 Å². The Hall–Kier alpha value is -0.250. The van der Waals surface area contributed by atoms with Crippen molar-refractivity contribution in [2.45, 2.75) is 6.54 Å². The Morgan fingerprint density at radius 2 is 2.31 bits per heavy atom. The van der Waals surface area contributed by atoms with Gasteiger partial charge in [0.1, 0.15) is 5.75 Å². The first-order chi connectivity index (χ1) is 6.27. The molecular formula is C9H11BrClNO. The van der Waals surface area contributed by atoms with E-state index in [1.807, 2.05) is 18.2 Å². The second kappa shape index (κ2) is 5.47. The zero-order valence-electron chi connectivity index (χ0n) is 7.31. The monoisotopic (exact) mass is 263 g/mol. The van der Waals surface area contributed by atoms with E-state index < -0.39 is 0 Å². The molecule has 72 valence electrons. The normalized spacial score (nSPS) is 10.1. The van der Waals surface area contributed by atoms with E-state index >= 15 is 0 Å². The van der Waals surface area contributed by atoms with Gasteiger partial charge in [-0.3, -0.25) is 0 Å². The fourth-order valence-electron chi connectivity index (χ4n) is 1.01. The lowest BCUT2D eigenvalue weighted by Crippen LogP contribution is -2.09. The molecule has 1 N–H and O–H groups in total. The first kappa shape index (κ1) is 10.8. The number of nitrogens with one attached hydrogen (secondary N) is 1. The van der Waals surface area contributed by atoms with Gasteiger partial charge in [0.05, 0.1) is 17.6 Å². The molecule has 13 heavy (non-hydrogen) atoms. The molecule has 0 saturated heterocycles. The first-order valence-corrected chi connectivity index (χ1v) is 5.37. The van der Waals surface area contributed by atoms with Crippen LogP contribution in [0.25, 0.3) is 0 Å². The van der Waals surface area contributed by atoms with Crippen molar-refractivity contribution in [1.29, 1.82) is 0 Å². The summed E-state index contributed by atoms with van der Waals surface area (Å²) in [4.78, 5) is 0. The maximum atomic E-state index is 5.94. The quantitative estimate of drug-likeness (QED) is 0.667. The Kier molecular flexibility index (Phi) is 4.56. The largest absolute Gasteiger partial charge is 0.495 e. The molecule has 0 radical (unpaired) electrons. The van der Waals surface area contributed by atoms with Crippen LogP contribution in [-0.2, 0) is 6.54 Å². The van der Waals surface area contributed by atoms with Crippen LogP contribution in [0.15, 0.2) is 18.2 Å². The van der Waals surface area contributed by atoms with Crippen LogP contribution in [0.3, 0.4) is 0 Å². The van der Waals surface area contributed by atoms with Gasteiger partial charge < -0.3 is 10.1 Å². The highest BCUT2D eigenvalue weighted by molar-refractivity contribution is 9.09. The highest BCUT2D eigenvalue weighted by Gasteiger charge is 2.00. The van der Waals surface area contributed by atoms with Crippen molar-refractivity contribution in [2.24, 2.45) is 0 Å². The van der Waals surface area contributed by atoms with Crippen molar-refractivity contribution < 1.29 is 4.74 Å². The number of hydrogen-bond donors (Lipinski definition) is 1. The Morgan fingerprint density at radius 3 is 2.85 bits per heavy atom. The van der Waals surface area contributed by atoms with E-state index in [1.165, 1.54) is 0 Å². The van der Waals surface area contributed by atoms with Gasteiger partial charge in [0.2, 0.25) is 0 Å². The standard InChI is InChI=1S/C9H11BrClNO/c1-13-9-3-2-7(4-8(9)11)5-12-6-10/h2-4,12H,5-6H2,1H3. The number of hydrogen-bond acceptors (Lipinski definition) is 2. The summed E-state index contributed by atoms with van der Waals surface area (Å²) in [7, 11) is 1.61. The number of alkyl halides is 1. The third-order valence-electron chi connectivity index (χ3n) is 1.64. The van der Waals surface area contributed by atoms with Crippen molar-refractivity contribution in [2.75, 3.05) is 12.6 Å². The van der Waals surface area contributed by atoms with Crippen molar-refractivity contribution in [3.8, 4) is 5.75 Å². The van der Waals surface area contributed by atoms with E-state index in [0.29, 0.717) is 10.8 Å². The van der Waals surface area contributed by atoms with Gasteiger partial charge >= 0.3 is 0 Å². The van der Waals surface area contributed by atoms with Gasteiger partial charge in [-0.15, -0.1) is 0 Å². The molecular weight excluding hydrogens is 253 g/mol. The summed E-state index contributed by atoms with van der Waals surface area (Å²) in [6.07, 6.45) is 0. The van der Waals surface area contributed by atoms with Crippen LogP contribution in [0.1, 0.15) is 5.56 Å².